The molecule has 1 aromatic rings. The lowest BCUT2D eigenvalue weighted by Gasteiger charge is -2.31. The molecule has 0 N–H and O–H groups in total. The molecule has 2 rings (SSSR count). The van der Waals surface area contributed by atoms with Crippen molar-refractivity contribution in [2.45, 2.75) is 238 Å². The number of rotatable bonds is 34. The highest BCUT2D eigenvalue weighted by molar-refractivity contribution is 5.74. The van der Waals surface area contributed by atoms with E-state index in [4.69, 9.17) is 4.74 Å². The van der Waals surface area contributed by atoms with Gasteiger partial charge in [-0.25, -0.2) is 0 Å². The third-order valence-electron chi connectivity index (χ3n) is 11.3. The number of benzene rings is 1. The quantitative estimate of drug-likeness (QED) is 0.0540. The van der Waals surface area contributed by atoms with Crippen molar-refractivity contribution in [1.29, 1.82) is 0 Å². The van der Waals surface area contributed by atoms with E-state index in [0.717, 1.165) is 32.1 Å². The Kier molecular flexibility index (Phi) is 28.3. The van der Waals surface area contributed by atoms with Crippen molar-refractivity contribution in [3.05, 3.63) is 35.4 Å². The summed E-state index contributed by atoms with van der Waals surface area (Å²) in [5.41, 5.74) is 2.89. The zero-order valence-corrected chi connectivity index (χ0v) is 32.5. The second kappa shape index (κ2) is 31.7. The molecule has 0 aliphatic heterocycles. The Morgan fingerprint density at radius 2 is 0.958 bits per heavy atom. The Hall–Kier alpha value is -1.31. The first-order valence-electron chi connectivity index (χ1n) is 22.0. The van der Waals surface area contributed by atoms with Gasteiger partial charge in [0, 0.05) is 0 Å². The summed E-state index contributed by atoms with van der Waals surface area (Å²) in [6.07, 6.45) is 45.6. The Labute approximate surface area is 300 Å². The van der Waals surface area contributed by atoms with Crippen LogP contribution in [0.3, 0.4) is 0 Å². The molecular formula is C46H82O2. The van der Waals surface area contributed by atoms with Crippen LogP contribution in [0.2, 0.25) is 0 Å². The summed E-state index contributed by atoms with van der Waals surface area (Å²) in [6, 6.07) is 8.91. The minimum atomic E-state index is 0.0323. The van der Waals surface area contributed by atoms with E-state index in [1.54, 1.807) is 0 Å². The van der Waals surface area contributed by atoms with Crippen LogP contribution >= 0.6 is 0 Å². The molecule has 0 bridgehead atoms. The minimum Gasteiger partial charge on any atom is -0.465 e. The van der Waals surface area contributed by atoms with Crippen molar-refractivity contribution in [2.75, 3.05) is 6.61 Å². The van der Waals surface area contributed by atoms with Crippen LogP contribution in [0.1, 0.15) is 243 Å². The third kappa shape index (κ3) is 21.7. The van der Waals surface area contributed by atoms with Gasteiger partial charge in [-0.2, -0.15) is 0 Å². The van der Waals surface area contributed by atoms with Crippen LogP contribution in [0.4, 0.5) is 0 Å². The number of fused-ring (bicyclic) bond motifs is 1. The second-order valence-corrected chi connectivity index (χ2v) is 15.7. The first-order valence-corrected chi connectivity index (χ1v) is 22.0. The summed E-state index contributed by atoms with van der Waals surface area (Å²) in [6.45, 7) is 5.21. The summed E-state index contributed by atoms with van der Waals surface area (Å²) in [5, 5.41) is 0. The van der Waals surface area contributed by atoms with Crippen LogP contribution in [0.15, 0.2) is 24.3 Å². The van der Waals surface area contributed by atoms with Crippen LogP contribution in [-0.2, 0) is 16.0 Å². The molecule has 48 heavy (non-hydrogen) atoms. The van der Waals surface area contributed by atoms with Gasteiger partial charge in [0.05, 0.1) is 12.5 Å². The molecule has 2 nitrogen and oxygen atoms in total. The molecule has 278 valence electrons. The Morgan fingerprint density at radius 1 is 0.562 bits per heavy atom. The van der Waals surface area contributed by atoms with Crippen LogP contribution in [0.25, 0.3) is 0 Å². The number of aryl methyl sites for hydroxylation is 1. The molecule has 0 spiro atoms. The zero-order valence-electron chi connectivity index (χ0n) is 32.5. The molecule has 0 amide bonds. The number of carbonyl (C=O) groups is 1. The highest BCUT2D eigenvalue weighted by Gasteiger charge is 2.33. The molecular weight excluding hydrogens is 585 g/mol. The lowest BCUT2D eigenvalue weighted by atomic mass is 9.74. The molecule has 2 heteroatoms. The summed E-state index contributed by atoms with van der Waals surface area (Å²) >= 11 is 0. The fraction of sp³-hybridized carbons (Fsp3) is 0.848. The lowest BCUT2D eigenvalue weighted by molar-refractivity contribution is -0.150. The van der Waals surface area contributed by atoms with Gasteiger partial charge < -0.3 is 4.74 Å². The van der Waals surface area contributed by atoms with Gasteiger partial charge in [-0.3, -0.25) is 4.79 Å². The summed E-state index contributed by atoms with van der Waals surface area (Å²) < 4.78 is 6.02. The fourth-order valence-corrected chi connectivity index (χ4v) is 8.18. The maximum Gasteiger partial charge on any atom is 0.309 e. The highest BCUT2D eigenvalue weighted by Crippen LogP contribution is 2.39. The zero-order chi connectivity index (χ0) is 34.2. The monoisotopic (exact) mass is 667 g/mol. The predicted molar refractivity (Wildman–Crippen MR) is 211 cm³/mol. The number of hydrogen-bond acceptors (Lipinski definition) is 2. The average molecular weight is 667 g/mol. The normalized spacial score (nSPS) is 15.0. The first kappa shape index (κ1) is 42.9. The van der Waals surface area contributed by atoms with Crippen LogP contribution < -0.4 is 0 Å². The number of esters is 1. The van der Waals surface area contributed by atoms with E-state index < -0.39 is 0 Å². The number of carbonyl (C=O) groups excluding carboxylic acids is 1. The summed E-state index contributed by atoms with van der Waals surface area (Å²) in [4.78, 5) is 13.6. The van der Waals surface area contributed by atoms with Crippen LogP contribution in [0.5, 0.6) is 0 Å². The molecule has 0 fully saturated rings. The van der Waals surface area contributed by atoms with E-state index in [9.17, 15) is 4.79 Å². The molecule has 0 saturated heterocycles. The van der Waals surface area contributed by atoms with Gasteiger partial charge in [0.25, 0.3) is 0 Å². The molecule has 0 heterocycles. The fourth-order valence-electron chi connectivity index (χ4n) is 8.18. The van der Waals surface area contributed by atoms with Crippen molar-refractivity contribution in [3.63, 3.8) is 0 Å². The van der Waals surface area contributed by atoms with Gasteiger partial charge in [-0.15, -0.1) is 0 Å². The van der Waals surface area contributed by atoms with Crippen molar-refractivity contribution >= 4 is 5.97 Å². The maximum absolute atomic E-state index is 13.6. The van der Waals surface area contributed by atoms with Gasteiger partial charge in [-0.1, -0.05) is 224 Å². The van der Waals surface area contributed by atoms with Crippen molar-refractivity contribution in [2.24, 2.45) is 5.92 Å². The van der Waals surface area contributed by atoms with E-state index in [2.05, 4.69) is 38.1 Å². The summed E-state index contributed by atoms with van der Waals surface area (Å²) in [5.74, 6) is 0.465. The van der Waals surface area contributed by atoms with Gasteiger partial charge >= 0.3 is 5.97 Å². The average Bonchev–Trinajstić information content (AvgIpc) is 3.11. The smallest absolute Gasteiger partial charge is 0.309 e. The molecule has 0 radical (unpaired) electrons. The van der Waals surface area contributed by atoms with E-state index in [-0.39, 0.29) is 11.9 Å². The predicted octanol–water partition coefficient (Wildman–Crippen LogP) is 15.4. The van der Waals surface area contributed by atoms with Crippen LogP contribution in [-0.4, -0.2) is 12.6 Å². The summed E-state index contributed by atoms with van der Waals surface area (Å²) in [7, 11) is 0. The molecule has 1 aromatic carbocycles. The molecule has 2 atom stereocenters. The van der Waals surface area contributed by atoms with Crippen molar-refractivity contribution in [3.8, 4) is 0 Å². The van der Waals surface area contributed by atoms with Gasteiger partial charge in [0.1, 0.15) is 0 Å². The first-order chi connectivity index (χ1) is 23.8. The number of unbranched alkanes of at least 4 members (excludes halogenated alkanes) is 28. The molecule has 0 aromatic heterocycles. The van der Waals surface area contributed by atoms with E-state index in [1.165, 1.54) is 197 Å². The third-order valence-corrected chi connectivity index (χ3v) is 11.3. The molecule has 1 aliphatic rings. The van der Waals surface area contributed by atoms with Crippen LogP contribution in [0, 0.1) is 5.92 Å². The van der Waals surface area contributed by atoms with Gasteiger partial charge in [0.15, 0.2) is 0 Å². The molecule has 2 unspecified atom stereocenters. The molecule has 0 saturated carbocycles. The Balaban J connectivity index is 1.56. The Morgan fingerprint density at radius 3 is 1.42 bits per heavy atom. The largest absolute Gasteiger partial charge is 0.465 e. The standard InChI is InChI=1S/C46H82O2/c1-3-5-7-9-11-13-15-17-19-20-22-24-26-28-30-34-41-48-46(47)45(44-40-35-37-42-36-32-33-38-43(42)44)39-31-29-27-25-23-21-18-16-14-12-10-8-6-4-2/h32-33,36,38,44-45H,3-31,34-35,37,39-41H2,1-2H3. The van der Waals surface area contributed by atoms with Gasteiger partial charge in [-0.05, 0) is 49.1 Å². The highest BCUT2D eigenvalue weighted by atomic mass is 16.5. The van der Waals surface area contributed by atoms with Crippen molar-refractivity contribution < 1.29 is 9.53 Å². The van der Waals surface area contributed by atoms with Gasteiger partial charge in [0.2, 0.25) is 0 Å². The topological polar surface area (TPSA) is 26.3 Å². The van der Waals surface area contributed by atoms with E-state index in [0.29, 0.717) is 12.5 Å². The van der Waals surface area contributed by atoms with Crippen molar-refractivity contribution in [1.82, 2.24) is 0 Å². The number of ether oxygens (including phenoxy) is 1. The number of hydrogen-bond donors (Lipinski definition) is 0. The SMILES string of the molecule is CCCCCCCCCCCCCCCCCCOC(=O)C(CCCCCCCCCCCCCCCC)C1CCCc2ccccc21. The maximum atomic E-state index is 13.6. The molecule has 1 aliphatic carbocycles. The van der Waals surface area contributed by atoms with E-state index in [1.807, 2.05) is 0 Å². The lowest BCUT2D eigenvalue weighted by Crippen LogP contribution is -2.27. The van der Waals surface area contributed by atoms with E-state index >= 15 is 0 Å². The minimum absolute atomic E-state index is 0.0323. The second-order valence-electron chi connectivity index (χ2n) is 15.7. The Bertz CT molecular complexity index is 846.